The Morgan fingerprint density at radius 2 is 1.89 bits per heavy atom. The number of sulfone groups is 1. The molecule has 1 aromatic carbocycles. The van der Waals surface area contributed by atoms with Crippen molar-refractivity contribution < 1.29 is 8.42 Å². The van der Waals surface area contributed by atoms with Crippen molar-refractivity contribution in [1.82, 2.24) is 0 Å². The van der Waals surface area contributed by atoms with Gasteiger partial charge in [0, 0.05) is 4.47 Å². The predicted octanol–water partition coefficient (Wildman–Crippen LogP) is 3.63. The molecular weight excluding hydrogens is 326 g/mol. The van der Waals surface area contributed by atoms with Crippen LogP contribution in [0.5, 0.6) is 0 Å². The lowest BCUT2D eigenvalue weighted by Gasteiger charge is -2.31. The van der Waals surface area contributed by atoms with Crippen LogP contribution >= 0.6 is 15.9 Å². The summed E-state index contributed by atoms with van der Waals surface area (Å²) in [7, 11) is -3.33. The molecule has 3 nitrogen and oxygen atoms in total. The first-order valence-corrected chi connectivity index (χ1v) is 8.95. The monoisotopic (exact) mass is 345 g/mol. The molecule has 3 unspecified atom stereocenters. The van der Waals surface area contributed by atoms with Crippen LogP contribution in [0.2, 0.25) is 0 Å². The minimum absolute atomic E-state index is 0.272. The molecule has 0 spiro atoms. The van der Waals surface area contributed by atoms with Gasteiger partial charge in [-0.1, -0.05) is 29.8 Å². The first-order chi connectivity index (χ1) is 8.82. The van der Waals surface area contributed by atoms with E-state index in [4.69, 9.17) is 5.73 Å². The third-order valence-corrected chi connectivity index (χ3v) is 7.04. The van der Waals surface area contributed by atoms with E-state index < -0.39 is 9.84 Å². The quantitative estimate of drug-likeness (QED) is 0.832. The highest BCUT2D eigenvalue weighted by molar-refractivity contribution is 9.10. The van der Waals surface area contributed by atoms with E-state index in [-0.39, 0.29) is 10.1 Å². The second-order valence-corrected chi connectivity index (χ2v) is 8.73. The zero-order valence-electron chi connectivity index (χ0n) is 11.3. The van der Waals surface area contributed by atoms with Gasteiger partial charge in [0.1, 0.15) is 0 Å². The van der Waals surface area contributed by atoms with Crippen molar-refractivity contribution in [2.45, 2.75) is 43.3 Å². The molecule has 1 fully saturated rings. The zero-order valence-corrected chi connectivity index (χ0v) is 13.7. The minimum Gasteiger partial charge on any atom is -0.398 e. The number of benzene rings is 1. The third kappa shape index (κ3) is 2.97. The van der Waals surface area contributed by atoms with E-state index in [0.717, 1.165) is 23.7 Å². The number of nitrogen functional groups attached to an aromatic ring is 1. The Balaban J connectivity index is 2.35. The van der Waals surface area contributed by atoms with Crippen LogP contribution in [0.1, 0.15) is 33.1 Å². The standard InChI is InChI=1S/C14H20BrNO2S/c1-9-3-5-12(7-10(9)2)19(17,18)14-8-11(15)4-6-13(14)16/h4,6,8-10,12H,3,5,7,16H2,1-2H3. The van der Waals surface area contributed by atoms with E-state index in [9.17, 15) is 8.42 Å². The van der Waals surface area contributed by atoms with Gasteiger partial charge in [-0.15, -0.1) is 0 Å². The molecule has 5 heteroatoms. The Labute approximate surface area is 123 Å². The topological polar surface area (TPSA) is 60.2 Å². The minimum atomic E-state index is -3.33. The molecule has 0 heterocycles. The van der Waals surface area contributed by atoms with Crippen molar-refractivity contribution in [1.29, 1.82) is 0 Å². The molecule has 1 aromatic rings. The molecule has 0 aromatic heterocycles. The Hall–Kier alpha value is -0.550. The van der Waals surface area contributed by atoms with Gasteiger partial charge in [-0.05, 0) is 49.3 Å². The van der Waals surface area contributed by atoms with E-state index in [2.05, 4.69) is 29.8 Å². The highest BCUT2D eigenvalue weighted by Gasteiger charge is 2.35. The number of rotatable bonds is 2. The van der Waals surface area contributed by atoms with E-state index in [1.54, 1.807) is 18.2 Å². The molecule has 2 rings (SSSR count). The summed E-state index contributed by atoms with van der Waals surface area (Å²) in [6.45, 7) is 4.33. The first-order valence-electron chi connectivity index (χ1n) is 6.61. The van der Waals surface area contributed by atoms with Crippen LogP contribution in [0, 0.1) is 11.8 Å². The molecule has 0 amide bonds. The maximum Gasteiger partial charge on any atom is 0.183 e. The fourth-order valence-corrected chi connectivity index (χ4v) is 5.28. The zero-order chi connectivity index (χ0) is 14.2. The highest BCUT2D eigenvalue weighted by Crippen LogP contribution is 2.37. The van der Waals surface area contributed by atoms with Gasteiger partial charge in [0.05, 0.1) is 15.8 Å². The first kappa shape index (κ1) is 14.9. The summed E-state index contributed by atoms with van der Waals surface area (Å²) in [4.78, 5) is 0.272. The van der Waals surface area contributed by atoms with Gasteiger partial charge in [0.2, 0.25) is 0 Å². The number of hydrogen-bond acceptors (Lipinski definition) is 3. The van der Waals surface area contributed by atoms with Gasteiger partial charge in [0.25, 0.3) is 0 Å². The van der Waals surface area contributed by atoms with E-state index >= 15 is 0 Å². The second-order valence-electron chi connectivity index (χ2n) is 5.62. The predicted molar refractivity (Wildman–Crippen MR) is 81.7 cm³/mol. The van der Waals surface area contributed by atoms with Crippen LogP contribution in [0.25, 0.3) is 0 Å². The highest BCUT2D eigenvalue weighted by atomic mass is 79.9. The summed E-state index contributed by atoms with van der Waals surface area (Å²) in [6.07, 6.45) is 2.44. The Kier molecular flexibility index (Phi) is 4.26. The maximum absolute atomic E-state index is 12.7. The lowest BCUT2D eigenvalue weighted by molar-refractivity contribution is 0.278. The Bertz CT molecular complexity index is 571. The SMILES string of the molecule is CC1CCC(S(=O)(=O)c2cc(Br)ccc2N)CC1C. The van der Waals surface area contributed by atoms with Crippen molar-refractivity contribution in [2.75, 3.05) is 5.73 Å². The molecule has 1 saturated carbocycles. The van der Waals surface area contributed by atoms with E-state index in [1.807, 2.05) is 0 Å². The van der Waals surface area contributed by atoms with Crippen molar-refractivity contribution in [3.63, 3.8) is 0 Å². The van der Waals surface area contributed by atoms with E-state index in [0.29, 0.717) is 17.5 Å². The van der Waals surface area contributed by atoms with Crippen LogP contribution in [-0.2, 0) is 9.84 Å². The third-order valence-electron chi connectivity index (χ3n) is 4.27. The summed E-state index contributed by atoms with van der Waals surface area (Å²) >= 11 is 3.31. The Morgan fingerprint density at radius 1 is 1.21 bits per heavy atom. The average Bonchev–Trinajstić information content (AvgIpc) is 2.35. The van der Waals surface area contributed by atoms with Crippen molar-refractivity contribution in [3.05, 3.63) is 22.7 Å². The van der Waals surface area contributed by atoms with Crippen LogP contribution in [0.4, 0.5) is 5.69 Å². The van der Waals surface area contributed by atoms with Gasteiger partial charge in [-0.3, -0.25) is 0 Å². The molecule has 0 bridgehead atoms. The maximum atomic E-state index is 12.7. The summed E-state index contributed by atoms with van der Waals surface area (Å²) in [6, 6.07) is 5.03. The second kappa shape index (κ2) is 5.44. The molecule has 2 N–H and O–H groups in total. The van der Waals surface area contributed by atoms with Crippen molar-refractivity contribution in [3.8, 4) is 0 Å². The lowest BCUT2D eigenvalue weighted by Crippen LogP contribution is -2.31. The summed E-state index contributed by atoms with van der Waals surface area (Å²) in [5.74, 6) is 1.05. The molecule has 106 valence electrons. The van der Waals surface area contributed by atoms with Gasteiger partial charge in [0.15, 0.2) is 9.84 Å². The molecule has 0 saturated heterocycles. The largest absolute Gasteiger partial charge is 0.398 e. The van der Waals surface area contributed by atoms with Crippen LogP contribution < -0.4 is 5.73 Å². The fraction of sp³-hybridized carbons (Fsp3) is 0.571. The summed E-state index contributed by atoms with van der Waals surface area (Å²) in [5, 5.41) is -0.296. The number of hydrogen-bond donors (Lipinski definition) is 1. The number of nitrogens with two attached hydrogens (primary N) is 1. The van der Waals surface area contributed by atoms with Crippen LogP contribution in [-0.4, -0.2) is 13.7 Å². The van der Waals surface area contributed by atoms with Gasteiger partial charge >= 0.3 is 0 Å². The molecule has 0 aliphatic heterocycles. The molecule has 19 heavy (non-hydrogen) atoms. The number of halogens is 1. The van der Waals surface area contributed by atoms with Gasteiger partial charge in [-0.2, -0.15) is 0 Å². The molecule has 0 radical (unpaired) electrons. The normalized spacial score (nSPS) is 28.3. The summed E-state index contributed by atoms with van der Waals surface area (Å²) < 4.78 is 26.2. The molecule has 3 atom stereocenters. The van der Waals surface area contributed by atoms with Crippen LogP contribution in [0.15, 0.2) is 27.6 Å². The molecule has 1 aliphatic carbocycles. The van der Waals surface area contributed by atoms with E-state index in [1.165, 1.54) is 0 Å². The van der Waals surface area contributed by atoms with Crippen molar-refractivity contribution in [2.24, 2.45) is 11.8 Å². The van der Waals surface area contributed by atoms with Gasteiger partial charge < -0.3 is 5.73 Å². The average molecular weight is 346 g/mol. The fourth-order valence-electron chi connectivity index (χ4n) is 2.71. The van der Waals surface area contributed by atoms with Crippen molar-refractivity contribution >= 4 is 31.5 Å². The van der Waals surface area contributed by atoms with Gasteiger partial charge in [-0.25, -0.2) is 8.42 Å². The lowest BCUT2D eigenvalue weighted by atomic mass is 9.81. The Morgan fingerprint density at radius 3 is 2.53 bits per heavy atom. The smallest absolute Gasteiger partial charge is 0.183 e. The van der Waals surface area contributed by atoms with Crippen LogP contribution in [0.3, 0.4) is 0 Å². The molecule has 1 aliphatic rings. The summed E-state index contributed by atoms with van der Waals surface area (Å²) in [5.41, 5.74) is 6.19. The number of anilines is 1. The molecular formula is C14H20BrNO2S.